The summed E-state index contributed by atoms with van der Waals surface area (Å²) in [6.45, 7) is 0.430. The number of nitrogens with zero attached hydrogens (tertiary/aromatic N) is 5. The number of fused-ring (bicyclic) bond motifs is 1. The van der Waals surface area contributed by atoms with E-state index in [0.29, 0.717) is 24.3 Å². The second kappa shape index (κ2) is 9.94. The molecule has 3 N–H and O–H groups in total. The third-order valence-electron chi connectivity index (χ3n) is 6.14. The van der Waals surface area contributed by atoms with Gasteiger partial charge in [0.05, 0.1) is 20.8 Å². The van der Waals surface area contributed by atoms with Gasteiger partial charge in [0, 0.05) is 30.4 Å². The van der Waals surface area contributed by atoms with E-state index in [1.54, 1.807) is 0 Å². The maximum atomic E-state index is 15.3. The van der Waals surface area contributed by atoms with Gasteiger partial charge in [-0.05, 0) is 25.8 Å². The van der Waals surface area contributed by atoms with Crippen molar-refractivity contribution in [2.45, 2.75) is 44.7 Å². The molecule has 2 aliphatic rings. The van der Waals surface area contributed by atoms with Crippen LogP contribution in [0.3, 0.4) is 0 Å². The molecule has 0 atom stereocenters. The van der Waals surface area contributed by atoms with E-state index in [-0.39, 0.29) is 36.6 Å². The summed E-state index contributed by atoms with van der Waals surface area (Å²) in [4.78, 5) is 24.8. The maximum absolute atomic E-state index is 15.3. The summed E-state index contributed by atoms with van der Waals surface area (Å²) >= 11 is 0. The zero-order valence-electron chi connectivity index (χ0n) is 19.1. The first kappa shape index (κ1) is 23.9. The largest absolute Gasteiger partial charge is 0.493 e. The topological polar surface area (TPSA) is 117 Å². The first-order valence-corrected chi connectivity index (χ1v) is 11.1. The second-order valence-corrected chi connectivity index (χ2v) is 8.22. The molecule has 0 unspecified atom stereocenters. The molecule has 2 amide bonds. The summed E-state index contributed by atoms with van der Waals surface area (Å²) in [6, 6.07) is 0.271. The maximum Gasteiger partial charge on any atom is 0.330 e. The Morgan fingerprint density at radius 1 is 1.21 bits per heavy atom. The van der Waals surface area contributed by atoms with E-state index >= 15 is 8.78 Å². The van der Waals surface area contributed by atoms with E-state index in [0.717, 1.165) is 41.7 Å². The van der Waals surface area contributed by atoms with Crippen LogP contribution in [0.5, 0.6) is 11.5 Å². The number of benzene rings is 1. The molecule has 1 fully saturated rings. The van der Waals surface area contributed by atoms with Gasteiger partial charge in [-0.1, -0.05) is 12.8 Å². The number of hydroxylamine groups is 1. The lowest BCUT2D eigenvalue weighted by molar-refractivity contribution is 0.243. The van der Waals surface area contributed by atoms with Gasteiger partial charge >= 0.3 is 6.03 Å². The number of carbonyl (C=O) groups excluding carboxylic acids is 1. The number of amides is 2. The molecule has 2 heterocycles. The molecular formula is C22H28F2N6O4. The predicted molar refractivity (Wildman–Crippen MR) is 121 cm³/mol. The number of urea groups is 1. The highest BCUT2D eigenvalue weighted by Gasteiger charge is 2.41. The Hall–Kier alpha value is -3.25. The lowest BCUT2D eigenvalue weighted by Crippen LogP contribution is -2.52. The SMILES string of the molecule is COc1cc(OC)c(F)c(N2Cc3cnc(N(O)CCCN)nc3N(C3CCCC3)C2=O)c1F. The lowest BCUT2D eigenvalue weighted by Gasteiger charge is -2.39. The Morgan fingerprint density at radius 3 is 2.44 bits per heavy atom. The number of methoxy groups -OCH3 is 2. The van der Waals surface area contributed by atoms with E-state index in [9.17, 15) is 10.0 Å². The average molecular weight is 479 g/mol. The number of nitrogens with two attached hydrogens (primary N) is 1. The van der Waals surface area contributed by atoms with Crippen LogP contribution < -0.4 is 30.1 Å². The molecule has 184 valence electrons. The Balaban J connectivity index is 1.81. The number of halogens is 2. The van der Waals surface area contributed by atoms with Crippen LogP contribution in [0, 0.1) is 11.6 Å². The first-order valence-electron chi connectivity index (χ1n) is 11.1. The van der Waals surface area contributed by atoms with Gasteiger partial charge in [0.1, 0.15) is 11.5 Å². The number of ether oxygens (including phenoxy) is 2. The molecule has 34 heavy (non-hydrogen) atoms. The molecule has 4 rings (SSSR count). The van der Waals surface area contributed by atoms with E-state index < -0.39 is 23.4 Å². The number of hydrogen-bond acceptors (Lipinski definition) is 8. The van der Waals surface area contributed by atoms with Gasteiger partial charge in [0.15, 0.2) is 23.1 Å². The normalized spacial score (nSPS) is 16.1. The van der Waals surface area contributed by atoms with E-state index in [4.69, 9.17) is 15.2 Å². The van der Waals surface area contributed by atoms with Crippen molar-refractivity contribution >= 4 is 23.5 Å². The average Bonchev–Trinajstić information content (AvgIpc) is 3.37. The molecule has 12 heteroatoms. The van der Waals surface area contributed by atoms with Crippen molar-refractivity contribution < 1.29 is 28.3 Å². The molecule has 10 nitrogen and oxygen atoms in total. The minimum atomic E-state index is -1.01. The van der Waals surface area contributed by atoms with Gasteiger partial charge in [-0.3, -0.25) is 15.0 Å². The minimum Gasteiger partial charge on any atom is -0.493 e. The van der Waals surface area contributed by atoms with Gasteiger partial charge in [-0.2, -0.15) is 4.98 Å². The van der Waals surface area contributed by atoms with Crippen LogP contribution in [-0.2, 0) is 6.54 Å². The standard InChI is InChI=1S/C22H28F2N6O4/c1-33-15-10-16(34-2)18(24)19(17(15)23)28-12-13-11-26-21(29(32)9-5-8-25)27-20(13)30(22(28)31)14-6-3-4-7-14/h10-11,14,32H,3-9,12,25H2,1-2H3. The number of carbonyl (C=O) groups is 1. The number of hydrogen-bond donors (Lipinski definition) is 2. The van der Waals surface area contributed by atoms with Crippen LogP contribution >= 0.6 is 0 Å². The van der Waals surface area contributed by atoms with Crippen LogP contribution in [0.1, 0.15) is 37.7 Å². The van der Waals surface area contributed by atoms with Crippen molar-refractivity contribution in [3.05, 3.63) is 29.5 Å². The highest BCUT2D eigenvalue weighted by Crippen LogP contribution is 2.42. The van der Waals surface area contributed by atoms with Crippen molar-refractivity contribution in [1.29, 1.82) is 0 Å². The van der Waals surface area contributed by atoms with Crippen molar-refractivity contribution in [2.75, 3.05) is 42.2 Å². The van der Waals surface area contributed by atoms with Gasteiger partial charge in [-0.25, -0.2) is 23.6 Å². The molecule has 0 radical (unpaired) electrons. The minimum absolute atomic E-state index is 0.0249. The van der Waals surface area contributed by atoms with E-state index in [1.165, 1.54) is 25.3 Å². The molecule has 1 aliphatic heterocycles. The van der Waals surface area contributed by atoms with Crippen LogP contribution in [0.15, 0.2) is 12.3 Å². The summed E-state index contributed by atoms with van der Waals surface area (Å²) in [5.41, 5.74) is 5.43. The van der Waals surface area contributed by atoms with Crippen molar-refractivity contribution in [2.24, 2.45) is 5.73 Å². The molecule has 1 saturated carbocycles. The monoisotopic (exact) mass is 478 g/mol. The summed E-state index contributed by atoms with van der Waals surface area (Å²) in [5, 5.41) is 11.2. The third-order valence-corrected chi connectivity index (χ3v) is 6.14. The molecule has 0 bridgehead atoms. The number of aromatic nitrogens is 2. The quantitative estimate of drug-likeness (QED) is 0.556. The Morgan fingerprint density at radius 2 is 1.85 bits per heavy atom. The van der Waals surface area contributed by atoms with Crippen molar-refractivity contribution in [1.82, 2.24) is 9.97 Å². The van der Waals surface area contributed by atoms with E-state index in [1.807, 2.05) is 0 Å². The van der Waals surface area contributed by atoms with Crippen molar-refractivity contribution in [3.63, 3.8) is 0 Å². The molecule has 1 aromatic heterocycles. The zero-order valence-corrected chi connectivity index (χ0v) is 19.1. The van der Waals surface area contributed by atoms with Crippen LogP contribution in [-0.4, -0.2) is 54.6 Å². The molecule has 1 aromatic carbocycles. The Labute approximate surface area is 195 Å². The zero-order chi connectivity index (χ0) is 24.4. The van der Waals surface area contributed by atoms with Gasteiger partial charge in [0.2, 0.25) is 0 Å². The summed E-state index contributed by atoms with van der Waals surface area (Å²) < 4.78 is 40.6. The van der Waals surface area contributed by atoms with Crippen LogP contribution in [0.4, 0.5) is 31.0 Å². The fourth-order valence-corrected chi connectivity index (χ4v) is 4.41. The third kappa shape index (κ3) is 4.18. The summed E-state index contributed by atoms with van der Waals surface area (Å²) in [6.07, 6.45) is 5.26. The van der Waals surface area contributed by atoms with Gasteiger partial charge in [-0.15, -0.1) is 0 Å². The Bertz CT molecular complexity index is 1040. The highest BCUT2D eigenvalue weighted by atomic mass is 19.1. The predicted octanol–water partition coefficient (Wildman–Crippen LogP) is 3.21. The lowest BCUT2D eigenvalue weighted by atomic mass is 10.1. The molecule has 1 aliphatic carbocycles. The van der Waals surface area contributed by atoms with Crippen LogP contribution in [0.2, 0.25) is 0 Å². The molecule has 0 saturated heterocycles. The van der Waals surface area contributed by atoms with Gasteiger partial charge in [0.25, 0.3) is 5.95 Å². The molecule has 0 spiro atoms. The van der Waals surface area contributed by atoms with Crippen molar-refractivity contribution in [3.8, 4) is 11.5 Å². The van der Waals surface area contributed by atoms with Crippen LogP contribution in [0.25, 0.3) is 0 Å². The summed E-state index contributed by atoms with van der Waals surface area (Å²) in [5.74, 6) is -2.17. The first-order chi connectivity index (χ1) is 16.4. The van der Waals surface area contributed by atoms with Gasteiger partial charge < -0.3 is 15.2 Å². The smallest absolute Gasteiger partial charge is 0.330 e. The van der Waals surface area contributed by atoms with E-state index in [2.05, 4.69) is 9.97 Å². The second-order valence-electron chi connectivity index (χ2n) is 8.22. The Kier molecular flexibility index (Phi) is 6.98. The molecule has 2 aromatic rings. The number of rotatable bonds is 8. The molecular weight excluding hydrogens is 450 g/mol. The fraction of sp³-hybridized carbons (Fsp3) is 0.500. The summed E-state index contributed by atoms with van der Waals surface area (Å²) in [7, 11) is 2.50. The number of anilines is 3. The highest BCUT2D eigenvalue weighted by molar-refractivity contribution is 6.06. The fourth-order valence-electron chi connectivity index (χ4n) is 4.41.